The maximum atomic E-state index is 12.8. The molecule has 1 aromatic heterocycles. The van der Waals surface area contributed by atoms with E-state index in [1.807, 2.05) is 13.8 Å². The van der Waals surface area contributed by atoms with E-state index in [0.29, 0.717) is 5.76 Å². The van der Waals surface area contributed by atoms with Gasteiger partial charge in [-0.25, -0.2) is 25.9 Å². The van der Waals surface area contributed by atoms with Crippen molar-refractivity contribution in [1.29, 1.82) is 0 Å². The van der Waals surface area contributed by atoms with Crippen molar-refractivity contribution in [3.63, 3.8) is 0 Å². The molecule has 1 amide bonds. The van der Waals surface area contributed by atoms with Gasteiger partial charge < -0.3 is 4.42 Å². The Bertz CT molecular complexity index is 1110. The van der Waals surface area contributed by atoms with E-state index in [1.54, 1.807) is 25.3 Å². The van der Waals surface area contributed by atoms with Crippen LogP contribution in [0.5, 0.6) is 0 Å². The van der Waals surface area contributed by atoms with Gasteiger partial charge in [0, 0.05) is 6.54 Å². The number of anilines is 1. The molecule has 2 aromatic rings. The number of rotatable bonds is 9. The van der Waals surface area contributed by atoms with Crippen molar-refractivity contribution in [2.45, 2.75) is 31.7 Å². The summed E-state index contributed by atoms with van der Waals surface area (Å²) in [6.07, 6.45) is 1.55. The zero-order chi connectivity index (χ0) is 22.8. The second-order valence-electron chi connectivity index (χ2n) is 7.38. The highest BCUT2D eigenvalue weighted by molar-refractivity contribution is 7.94. The van der Waals surface area contributed by atoms with Crippen molar-refractivity contribution >= 4 is 31.6 Å². The first kappa shape index (κ1) is 23.5. The number of hydrogen-bond donors (Lipinski definition) is 1. The number of hydrogen-bond acceptors (Lipinski definition) is 7. The van der Waals surface area contributed by atoms with E-state index in [4.69, 9.17) is 4.42 Å². The molecule has 3 rings (SSSR count). The molecule has 0 aliphatic carbocycles. The van der Waals surface area contributed by atoms with Gasteiger partial charge in [0.15, 0.2) is 0 Å². The van der Waals surface area contributed by atoms with Gasteiger partial charge in [-0.15, -0.1) is 0 Å². The number of amides is 1. The molecule has 0 spiro atoms. The van der Waals surface area contributed by atoms with Gasteiger partial charge in [0.2, 0.25) is 26.0 Å². The number of nitrogens with zero attached hydrogens (tertiary/aromatic N) is 2. The highest BCUT2D eigenvalue weighted by atomic mass is 32.2. The van der Waals surface area contributed by atoms with E-state index >= 15 is 0 Å². The summed E-state index contributed by atoms with van der Waals surface area (Å²) in [5.74, 6) is -0.746. The van der Waals surface area contributed by atoms with Crippen molar-refractivity contribution in [3.05, 3.63) is 48.4 Å². The van der Waals surface area contributed by atoms with Crippen LogP contribution in [-0.4, -0.2) is 53.0 Å². The van der Waals surface area contributed by atoms with Crippen LogP contribution in [-0.2, 0) is 24.8 Å². The Morgan fingerprint density at radius 1 is 1.19 bits per heavy atom. The number of carbonyl (C=O) groups excluding carboxylic acids is 1. The van der Waals surface area contributed by atoms with Crippen molar-refractivity contribution < 1.29 is 26.0 Å². The maximum absolute atomic E-state index is 12.8. The van der Waals surface area contributed by atoms with Crippen LogP contribution in [0.2, 0.25) is 0 Å². The van der Waals surface area contributed by atoms with Gasteiger partial charge in [0.1, 0.15) is 5.76 Å². The monoisotopic (exact) mass is 469 g/mol. The topological polar surface area (TPSA) is 117 Å². The van der Waals surface area contributed by atoms with Crippen LogP contribution in [0.3, 0.4) is 0 Å². The first-order valence-electron chi connectivity index (χ1n) is 10.0. The van der Waals surface area contributed by atoms with Gasteiger partial charge in [-0.05, 0) is 49.5 Å². The summed E-state index contributed by atoms with van der Waals surface area (Å²) in [6.45, 7) is 7.07. The normalized spacial score (nSPS) is 19.8. The summed E-state index contributed by atoms with van der Waals surface area (Å²) in [7, 11) is -7.61. The van der Waals surface area contributed by atoms with Crippen LogP contribution < -0.4 is 9.03 Å². The van der Waals surface area contributed by atoms with Crippen LogP contribution in [0.4, 0.5) is 5.69 Å². The molecule has 2 atom stereocenters. The smallest absolute Gasteiger partial charge is 0.244 e. The van der Waals surface area contributed by atoms with E-state index in [2.05, 4.69) is 9.62 Å². The summed E-state index contributed by atoms with van der Waals surface area (Å²) in [4.78, 5) is 14.3. The Morgan fingerprint density at radius 2 is 1.84 bits per heavy atom. The minimum Gasteiger partial charge on any atom is -0.468 e. The van der Waals surface area contributed by atoms with Gasteiger partial charge in [-0.2, -0.15) is 0 Å². The Labute approximate surface area is 183 Å². The summed E-state index contributed by atoms with van der Waals surface area (Å²) < 4.78 is 59.0. The molecule has 0 radical (unpaired) electrons. The number of furan rings is 1. The van der Waals surface area contributed by atoms with E-state index in [9.17, 15) is 21.6 Å². The van der Waals surface area contributed by atoms with E-state index < -0.39 is 31.9 Å². The Morgan fingerprint density at radius 3 is 2.32 bits per heavy atom. The Kier molecular flexibility index (Phi) is 6.89. The fourth-order valence-corrected chi connectivity index (χ4v) is 6.53. The molecule has 31 heavy (non-hydrogen) atoms. The molecule has 2 heterocycles. The lowest BCUT2D eigenvalue weighted by Crippen LogP contribution is -2.38. The van der Waals surface area contributed by atoms with Gasteiger partial charge >= 0.3 is 0 Å². The summed E-state index contributed by atoms with van der Waals surface area (Å²) >= 11 is 0. The number of likely N-dealkylation sites (N-methyl/N-ethyl adjacent to an activating group) is 1. The quantitative estimate of drug-likeness (QED) is 0.596. The number of carbonyl (C=O) groups is 1. The number of nitrogens with one attached hydrogen (secondary N) is 1. The minimum atomic E-state index is -3.86. The zero-order valence-electron chi connectivity index (χ0n) is 17.7. The lowest BCUT2D eigenvalue weighted by Gasteiger charge is -2.28. The third-order valence-electron chi connectivity index (χ3n) is 5.33. The van der Waals surface area contributed by atoms with Crippen LogP contribution in [0, 0.1) is 5.92 Å². The van der Waals surface area contributed by atoms with Crippen LogP contribution >= 0.6 is 0 Å². The first-order valence-corrected chi connectivity index (χ1v) is 13.1. The summed E-state index contributed by atoms with van der Waals surface area (Å²) in [6, 6.07) is 8.54. The van der Waals surface area contributed by atoms with E-state index in [-0.39, 0.29) is 28.9 Å². The van der Waals surface area contributed by atoms with Crippen LogP contribution in [0.1, 0.15) is 32.6 Å². The molecular weight excluding hydrogens is 442 g/mol. The van der Waals surface area contributed by atoms with Gasteiger partial charge in [0.25, 0.3) is 0 Å². The molecule has 2 unspecified atom stereocenters. The predicted molar refractivity (Wildman–Crippen MR) is 116 cm³/mol. The van der Waals surface area contributed by atoms with Crippen LogP contribution in [0.15, 0.2) is 52.0 Å². The third kappa shape index (κ3) is 4.84. The van der Waals surface area contributed by atoms with Crippen LogP contribution in [0.25, 0.3) is 0 Å². The molecule has 1 aliphatic heterocycles. The Hall–Kier alpha value is -2.21. The lowest BCUT2D eigenvalue weighted by molar-refractivity contribution is -0.119. The van der Waals surface area contributed by atoms with E-state index in [0.717, 1.165) is 17.4 Å². The van der Waals surface area contributed by atoms with Crippen molar-refractivity contribution in [3.8, 4) is 0 Å². The molecule has 1 saturated heterocycles. The lowest BCUT2D eigenvalue weighted by atomic mass is 10.2. The highest BCUT2D eigenvalue weighted by Crippen LogP contribution is 2.29. The average molecular weight is 470 g/mol. The third-order valence-corrected chi connectivity index (χ3v) is 8.64. The van der Waals surface area contributed by atoms with Crippen molar-refractivity contribution in [2.24, 2.45) is 5.92 Å². The Balaban J connectivity index is 1.78. The minimum absolute atomic E-state index is 0.0221. The van der Waals surface area contributed by atoms with Crippen molar-refractivity contribution in [1.82, 2.24) is 9.62 Å². The fraction of sp³-hybridized carbons (Fsp3) is 0.450. The second kappa shape index (κ2) is 9.11. The first-order chi connectivity index (χ1) is 14.6. The number of sulfonamides is 2. The average Bonchev–Trinajstić information content (AvgIpc) is 3.31. The largest absolute Gasteiger partial charge is 0.468 e. The second-order valence-corrected chi connectivity index (χ2v) is 11.0. The zero-order valence-corrected chi connectivity index (χ0v) is 19.3. The maximum Gasteiger partial charge on any atom is 0.244 e. The molecule has 1 aliphatic rings. The molecule has 1 aromatic carbocycles. The molecule has 170 valence electrons. The molecule has 0 bridgehead atoms. The van der Waals surface area contributed by atoms with E-state index in [1.165, 1.54) is 24.3 Å². The SMILES string of the molecule is CCN(CC)C(CNS(=O)(=O)c1ccc(N2C(=O)C(C)CS2(=O)=O)cc1)c1ccco1. The molecule has 0 saturated carbocycles. The summed E-state index contributed by atoms with van der Waals surface area (Å²) in [5.41, 5.74) is 0.130. The standard InChI is InChI=1S/C20H27N3O6S2/c1-4-22(5-2)18(19-7-6-12-29-19)13-21-31(27,28)17-10-8-16(9-11-17)23-20(24)15(3)14-30(23,25)26/h6-12,15,18,21H,4-5,13-14H2,1-3H3. The highest BCUT2D eigenvalue weighted by Gasteiger charge is 2.42. The van der Waals surface area contributed by atoms with Gasteiger partial charge in [0.05, 0.1) is 34.6 Å². The predicted octanol–water partition coefficient (Wildman–Crippen LogP) is 1.95. The molecule has 1 fully saturated rings. The number of benzene rings is 1. The summed E-state index contributed by atoms with van der Waals surface area (Å²) in [5, 5.41) is 0. The fourth-order valence-electron chi connectivity index (χ4n) is 3.67. The molecule has 11 heteroatoms. The molecular formula is C20H27N3O6S2. The molecule has 1 N–H and O–H groups in total. The van der Waals surface area contributed by atoms with Crippen molar-refractivity contribution in [2.75, 3.05) is 29.7 Å². The van der Waals surface area contributed by atoms with Gasteiger partial charge in [-0.3, -0.25) is 9.69 Å². The molecule has 9 nitrogen and oxygen atoms in total. The van der Waals surface area contributed by atoms with Gasteiger partial charge in [-0.1, -0.05) is 20.8 Å².